The Morgan fingerprint density at radius 2 is 2.18 bits per heavy atom. The number of rotatable bonds is 5. The average Bonchev–Trinajstić information content (AvgIpc) is 3.15. The highest BCUT2D eigenvalue weighted by molar-refractivity contribution is 5.98. The van der Waals surface area contributed by atoms with E-state index in [0.717, 1.165) is 18.9 Å². The summed E-state index contributed by atoms with van der Waals surface area (Å²) in [5, 5.41) is 3.31. The first kappa shape index (κ1) is 11.9. The zero-order valence-corrected chi connectivity index (χ0v) is 10.4. The van der Waals surface area contributed by atoms with Crippen LogP contribution in [0.2, 0.25) is 0 Å². The minimum absolute atomic E-state index is 0.0613. The van der Waals surface area contributed by atoms with Crippen molar-refractivity contribution in [3.05, 3.63) is 23.9 Å². The van der Waals surface area contributed by atoms with Crippen LogP contribution in [0.3, 0.4) is 0 Å². The van der Waals surface area contributed by atoms with Gasteiger partial charge in [-0.15, -0.1) is 0 Å². The van der Waals surface area contributed by atoms with Crippen LogP contribution in [0.4, 0.5) is 5.82 Å². The lowest BCUT2D eigenvalue weighted by atomic mass is 10.2. The summed E-state index contributed by atoms with van der Waals surface area (Å²) in [4.78, 5) is 18.4. The Hall–Kier alpha value is -1.58. The van der Waals surface area contributed by atoms with Crippen molar-refractivity contribution >= 4 is 11.7 Å². The molecule has 17 heavy (non-hydrogen) atoms. The molecule has 0 unspecified atom stereocenters. The van der Waals surface area contributed by atoms with Crippen molar-refractivity contribution in [3.8, 4) is 0 Å². The maximum atomic E-state index is 12.3. The van der Waals surface area contributed by atoms with E-state index in [0.29, 0.717) is 11.6 Å². The third-order valence-corrected chi connectivity index (χ3v) is 3.01. The predicted octanol–water partition coefficient (Wildman–Crippen LogP) is 2.14. The molecule has 1 N–H and O–H groups in total. The van der Waals surface area contributed by atoms with Crippen molar-refractivity contribution in [2.75, 3.05) is 18.4 Å². The number of carbonyl (C=O) groups excluding carboxylic acids is 1. The second kappa shape index (κ2) is 5.17. The van der Waals surface area contributed by atoms with E-state index in [1.54, 1.807) is 6.20 Å². The van der Waals surface area contributed by atoms with E-state index >= 15 is 0 Å². The van der Waals surface area contributed by atoms with Crippen LogP contribution in [0, 0.1) is 0 Å². The number of amides is 1. The van der Waals surface area contributed by atoms with Crippen molar-refractivity contribution in [2.45, 2.75) is 32.7 Å². The number of hydrogen-bond acceptors (Lipinski definition) is 3. The number of hydrogen-bond donors (Lipinski definition) is 1. The standard InChI is InChI=1S/C13H19N3O/c1-3-16(4-2)13(17)11-6-5-9-14-12(11)15-10-7-8-10/h5-6,9-10H,3-4,7-8H2,1-2H3,(H,14,15). The van der Waals surface area contributed by atoms with Gasteiger partial charge in [-0.25, -0.2) is 4.98 Å². The highest BCUT2D eigenvalue weighted by atomic mass is 16.2. The van der Waals surface area contributed by atoms with E-state index in [2.05, 4.69) is 10.3 Å². The first-order chi connectivity index (χ1) is 8.26. The van der Waals surface area contributed by atoms with Gasteiger partial charge in [-0.3, -0.25) is 4.79 Å². The SMILES string of the molecule is CCN(CC)C(=O)c1cccnc1NC1CC1. The first-order valence-electron chi connectivity index (χ1n) is 6.27. The van der Waals surface area contributed by atoms with E-state index in [1.807, 2.05) is 30.9 Å². The van der Waals surface area contributed by atoms with Crippen LogP contribution in [0.5, 0.6) is 0 Å². The van der Waals surface area contributed by atoms with Crippen LogP contribution in [-0.4, -0.2) is 34.9 Å². The Morgan fingerprint density at radius 3 is 2.76 bits per heavy atom. The van der Waals surface area contributed by atoms with E-state index in [4.69, 9.17) is 0 Å². The molecule has 0 saturated heterocycles. The summed E-state index contributed by atoms with van der Waals surface area (Å²) in [6, 6.07) is 4.17. The number of nitrogens with zero attached hydrogens (tertiary/aromatic N) is 2. The Balaban J connectivity index is 2.20. The minimum Gasteiger partial charge on any atom is -0.367 e. The van der Waals surface area contributed by atoms with Gasteiger partial charge in [0.05, 0.1) is 5.56 Å². The molecule has 92 valence electrons. The maximum Gasteiger partial charge on any atom is 0.257 e. The highest BCUT2D eigenvalue weighted by Crippen LogP contribution is 2.25. The summed E-state index contributed by atoms with van der Waals surface area (Å²) < 4.78 is 0. The quantitative estimate of drug-likeness (QED) is 0.847. The number of nitrogens with one attached hydrogen (secondary N) is 1. The van der Waals surface area contributed by atoms with E-state index in [1.165, 1.54) is 12.8 Å². The molecule has 0 radical (unpaired) electrons. The van der Waals surface area contributed by atoms with Crippen molar-refractivity contribution in [1.82, 2.24) is 9.88 Å². The van der Waals surface area contributed by atoms with Crippen LogP contribution in [-0.2, 0) is 0 Å². The molecule has 0 aromatic carbocycles. The van der Waals surface area contributed by atoms with Crippen LogP contribution in [0.15, 0.2) is 18.3 Å². The Morgan fingerprint density at radius 1 is 1.47 bits per heavy atom. The molecule has 1 saturated carbocycles. The number of anilines is 1. The second-order valence-electron chi connectivity index (χ2n) is 4.30. The molecule has 1 aromatic heterocycles. The molecule has 2 rings (SSSR count). The monoisotopic (exact) mass is 233 g/mol. The summed E-state index contributed by atoms with van der Waals surface area (Å²) >= 11 is 0. The van der Waals surface area contributed by atoms with Crippen molar-refractivity contribution in [3.63, 3.8) is 0 Å². The molecule has 0 atom stereocenters. The van der Waals surface area contributed by atoms with Gasteiger partial charge in [0.1, 0.15) is 5.82 Å². The zero-order chi connectivity index (χ0) is 12.3. The molecule has 4 heteroatoms. The van der Waals surface area contributed by atoms with Crippen LogP contribution in [0.1, 0.15) is 37.0 Å². The lowest BCUT2D eigenvalue weighted by molar-refractivity contribution is 0.0773. The molecule has 1 amide bonds. The van der Waals surface area contributed by atoms with Gasteiger partial charge >= 0.3 is 0 Å². The number of aromatic nitrogens is 1. The van der Waals surface area contributed by atoms with E-state index in [9.17, 15) is 4.79 Å². The number of carbonyl (C=O) groups is 1. The van der Waals surface area contributed by atoms with Gasteiger partial charge in [0.15, 0.2) is 0 Å². The van der Waals surface area contributed by atoms with E-state index in [-0.39, 0.29) is 5.91 Å². The minimum atomic E-state index is 0.0613. The Bertz CT molecular complexity index is 397. The fraction of sp³-hybridized carbons (Fsp3) is 0.538. The molecular weight excluding hydrogens is 214 g/mol. The summed E-state index contributed by atoms with van der Waals surface area (Å²) in [7, 11) is 0. The lowest BCUT2D eigenvalue weighted by Gasteiger charge is -2.20. The number of pyridine rings is 1. The smallest absolute Gasteiger partial charge is 0.257 e. The topological polar surface area (TPSA) is 45.2 Å². The van der Waals surface area contributed by atoms with Crippen LogP contribution in [0.25, 0.3) is 0 Å². The van der Waals surface area contributed by atoms with Crippen LogP contribution >= 0.6 is 0 Å². The highest BCUT2D eigenvalue weighted by Gasteiger charge is 2.24. The third kappa shape index (κ3) is 2.75. The van der Waals surface area contributed by atoms with Gasteiger partial charge in [0.25, 0.3) is 5.91 Å². The van der Waals surface area contributed by atoms with Crippen molar-refractivity contribution in [2.24, 2.45) is 0 Å². The molecule has 1 aromatic rings. The molecule has 4 nitrogen and oxygen atoms in total. The summed E-state index contributed by atoms with van der Waals surface area (Å²) in [5.41, 5.74) is 0.683. The summed E-state index contributed by atoms with van der Waals surface area (Å²) in [6.45, 7) is 5.44. The molecular formula is C13H19N3O. The summed E-state index contributed by atoms with van der Waals surface area (Å²) in [5.74, 6) is 0.790. The van der Waals surface area contributed by atoms with Crippen LogP contribution < -0.4 is 5.32 Å². The Kier molecular flexibility index (Phi) is 3.61. The lowest BCUT2D eigenvalue weighted by Crippen LogP contribution is -2.31. The zero-order valence-electron chi connectivity index (χ0n) is 10.4. The van der Waals surface area contributed by atoms with E-state index < -0.39 is 0 Å². The van der Waals surface area contributed by atoms with Crippen molar-refractivity contribution < 1.29 is 4.79 Å². The predicted molar refractivity (Wildman–Crippen MR) is 68.1 cm³/mol. The van der Waals surface area contributed by atoms with Gasteiger partial charge in [-0.05, 0) is 38.8 Å². The molecule has 1 aliphatic carbocycles. The summed E-state index contributed by atoms with van der Waals surface area (Å²) in [6.07, 6.45) is 4.08. The van der Waals surface area contributed by atoms with Gasteiger partial charge in [0, 0.05) is 25.3 Å². The van der Waals surface area contributed by atoms with Crippen molar-refractivity contribution in [1.29, 1.82) is 0 Å². The maximum absolute atomic E-state index is 12.3. The fourth-order valence-electron chi connectivity index (χ4n) is 1.80. The molecule has 1 heterocycles. The fourth-order valence-corrected chi connectivity index (χ4v) is 1.80. The first-order valence-corrected chi connectivity index (χ1v) is 6.27. The molecule has 1 aliphatic rings. The molecule has 0 spiro atoms. The average molecular weight is 233 g/mol. The van der Waals surface area contributed by atoms with Gasteiger partial charge in [0.2, 0.25) is 0 Å². The Labute approximate surface area is 102 Å². The second-order valence-corrected chi connectivity index (χ2v) is 4.30. The normalized spacial score (nSPS) is 14.5. The van der Waals surface area contributed by atoms with Gasteiger partial charge in [-0.1, -0.05) is 0 Å². The van der Waals surface area contributed by atoms with Gasteiger partial charge in [-0.2, -0.15) is 0 Å². The molecule has 0 aliphatic heterocycles. The van der Waals surface area contributed by atoms with Gasteiger partial charge < -0.3 is 10.2 Å². The molecule has 1 fully saturated rings. The third-order valence-electron chi connectivity index (χ3n) is 3.01. The largest absolute Gasteiger partial charge is 0.367 e. The molecule has 0 bridgehead atoms.